The number of hydrogen-bond donors (Lipinski definition) is 1. The van der Waals surface area contributed by atoms with E-state index >= 15 is 0 Å². The summed E-state index contributed by atoms with van der Waals surface area (Å²) in [6.07, 6.45) is 1.97. The molecule has 0 spiro atoms. The van der Waals surface area contributed by atoms with Crippen molar-refractivity contribution in [1.29, 1.82) is 0 Å². The van der Waals surface area contributed by atoms with Gasteiger partial charge in [0.15, 0.2) is 5.82 Å². The Morgan fingerprint density at radius 2 is 2.10 bits per heavy atom. The Morgan fingerprint density at radius 3 is 2.75 bits per heavy atom. The second-order valence-corrected chi connectivity index (χ2v) is 6.68. The topological polar surface area (TPSA) is 37.8 Å². The largest absolute Gasteiger partial charge is 0.372 e. The Kier molecular flexibility index (Phi) is 5.63. The van der Waals surface area contributed by atoms with Crippen LogP contribution in [0.1, 0.15) is 19.0 Å². The van der Waals surface area contributed by atoms with Crippen LogP contribution in [0.3, 0.4) is 0 Å². The summed E-state index contributed by atoms with van der Waals surface area (Å²) in [5, 5.41) is 3.78. The van der Waals surface area contributed by atoms with Gasteiger partial charge in [-0.05, 0) is 47.2 Å². The maximum absolute atomic E-state index is 6.27. The fraction of sp³-hybridized carbons (Fsp3) is 0.286. The van der Waals surface area contributed by atoms with Gasteiger partial charge in [0.2, 0.25) is 0 Å². The molecule has 2 rings (SSSR count). The Morgan fingerprint density at radius 1 is 1.35 bits per heavy atom. The maximum Gasteiger partial charge on any atom is 0.163 e. The van der Waals surface area contributed by atoms with E-state index in [0.717, 1.165) is 38.0 Å². The summed E-state index contributed by atoms with van der Waals surface area (Å²) >= 11 is 12.0. The third kappa shape index (κ3) is 3.43. The summed E-state index contributed by atoms with van der Waals surface area (Å²) in [5.74, 6) is 1.50. The molecular weight excluding hydrogens is 452 g/mol. The van der Waals surface area contributed by atoms with Gasteiger partial charge in [0.1, 0.15) is 5.82 Å². The number of anilines is 1. The number of nitrogens with one attached hydrogen (secondary N) is 1. The van der Waals surface area contributed by atoms with E-state index in [1.807, 2.05) is 25.2 Å². The third-order valence-electron chi connectivity index (χ3n) is 2.81. The molecule has 1 aromatic carbocycles. The molecule has 106 valence electrons. The smallest absolute Gasteiger partial charge is 0.163 e. The van der Waals surface area contributed by atoms with Gasteiger partial charge < -0.3 is 5.32 Å². The molecule has 0 atom stereocenters. The van der Waals surface area contributed by atoms with E-state index in [4.69, 9.17) is 11.6 Å². The number of benzene rings is 1. The normalized spacial score (nSPS) is 10.7. The van der Waals surface area contributed by atoms with E-state index in [-0.39, 0.29) is 0 Å². The van der Waals surface area contributed by atoms with Gasteiger partial charge in [0, 0.05) is 17.1 Å². The lowest BCUT2D eigenvalue weighted by Gasteiger charge is -2.12. The van der Waals surface area contributed by atoms with Gasteiger partial charge in [-0.1, -0.05) is 40.9 Å². The Hall–Kier alpha value is -0.400. The van der Waals surface area contributed by atoms with Crippen molar-refractivity contribution < 1.29 is 0 Å². The van der Waals surface area contributed by atoms with Crippen LogP contribution in [0.25, 0.3) is 11.4 Å². The van der Waals surface area contributed by atoms with Crippen molar-refractivity contribution in [2.24, 2.45) is 0 Å². The quantitative estimate of drug-likeness (QED) is 0.633. The highest BCUT2D eigenvalue weighted by Gasteiger charge is 2.14. The number of hydrogen-bond acceptors (Lipinski definition) is 3. The highest BCUT2D eigenvalue weighted by molar-refractivity contribution is 14.1. The number of nitrogens with zero attached hydrogens (tertiary/aromatic N) is 2. The number of rotatable bonds is 4. The van der Waals surface area contributed by atoms with Crippen molar-refractivity contribution in [3.8, 4) is 11.4 Å². The van der Waals surface area contributed by atoms with Crippen molar-refractivity contribution >= 4 is 55.9 Å². The lowest BCUT2D eigenvalue weighted by atomic mass is 10.2. The molecule has 0 aliphatic heterocycles. The Balaban J connectivity index is 2.61. The van der Waals surface area contributed by atoms with Gasteiger partial charge in [0.25, 0.3) is 0 Å². The molecule has 0 amide bonds. The molecule has 0 aliphatic rings. The maximum atomic E-state index is 6.27. The van der Waals surface area contributed by atoms with Crippen LogP contribution in [0.15, 0.2) is 22.7 Å². The lowest BCUT2D eigenvalue weighted by molar-refractivity contribution is 0.868. The van der Waals surface area contributed by atoms with Crippen LogP contribution in [-0.2, 0) is 6.42 Å². The zero-order chi connectivity index (χ0) is 14.7. The Bertz CT molecular complexity index is 634. The molecule has 2 aromatic rings. The molecule has 0 bridgehead atoms. The molecule has 1 N–H and O–H groups in total. The first-order valence-corrected chi connectivity index (χ1v) is 8.51. The van der Waals surface area contributed by atoms with Crippen molar-refractivity contribution in [2.45, 2.75) is 19.8 Å². The fourth-order valence-corrected chi connectivity index (χ4v) is 3.19. The van der Waals surface area contributed by atoms with Crippen LogP contribution < -0.4 is 5.32 Å². The monoisotopic (exact) mass is 465 g/mol. The third-order valence-corrected chi connectivity index (χ3v) is 4.77. The van der Waals surface area contributed by atoms with Gasteiger partial charge in [-0.2, -0.15) is 0 Å². The van der Waals surface area contributed by atoms with Crippen LogP contribution in [0, 0.1) is 3.57 Å². The minimum atomic E-state index is 0.652. The average molecular weight is 467 g/mol. The molecule has 0 aliphatic carbocycles. The van der Waals surface area contributed by atoms with Crippen molar-refractivity contribution in [3.05, 3.63) is 37.0 Å². The molecule has 0 saturated carbocycles. The SMILES string of the molecule is CCCc1nc(-c2cc(Br)ccc2Cl)nc(NC)c1I. The summed E-state index contributed by atoms with van der Waals surface area (Å²) < 4.78 is 2.03. The molecular formula is C14H14BrClIN3. The highest BCUT2D eigenvalue weighted by Crippen LogP contribution is 2.31. The van der Waals surface area contributed by atoms with Crippen molar-refractivity contribution in [1.82, 2.24) is 9.97 Å². The highest BCUT2D eigenvalue weighted by atomic mass is 127. The van der Waals surface area contributed by atoms with Gasteiger partial charge in [-0.3, -0.25) is 0 Å². The summed E-state index contributed by atoms with van der Waals surface area (Å²) in [4.78, 5) is 9.25. The molecule has 1 aromatic heterocycles. The zero-order valence-electron chi connectivity index (χ0n) is 11.2. The fourth-order valence-electron chi connectivity index (χ4n) is 1.85. The van der Waals surface area contributed by atoms with Gasteiger partial charge in [0.05, 0.1) is 14.3 Å². The van der Waals surface area contributed by atoms with Crippen molar-refractivity contribution in [3.63, 3.8) is 0 Å². The number of aryl methyl sites for hydroxylation is 1. The van der Waals surface area contributed by atoms with E-state index in [1.165, 1.54) is 0 Å². The summed E-state index contributed by atoms with van der Waals surface area (Å²) in [7, 11) is 1.87. The van der Waals surface area contributed by atoms with E-state index in [9.17, 15) is 0 Å². The van der Waals surface area contributed by atoms with Crippen molar-refractivity contribution in [2.75, 3.05) is 12.4 Å². The minimum Gasteiger partial charge on any atom is -0.372 e. The van der Waals surface area contributed by atoms with E-state index in [2.05, 4.69) is 60.7 Å². The van der Waals surface area contributed by atoms with E-state index < -0.39 is 0 Å². The molecule has 1 heterocycles. The van der Waals surface area contributed by atoms with Crippen LogP contribution in [0.5, 0.6) is 0 Å². The number of halogens is 3. The second kappa shape index (κ2) is 7.04. The predicted molar refractivity (Wildman–Crippen MR) is 96.4 cm³/mol. The van der Waals surface area contributed by atoms with Gasteiger partial charge in [-0.25, -0.2) is 9.97 Å². The van der Waals surface area contributed by atoms with Crippen LogP contribution in [0.2, 0.25) is 5.02 Å². The summed E-state index contributed by atoms with van der Waals surface area (Å²) in [6, 6.07) is 5.70. The van der Waals surface area contributed by atoms with Gasteiger partial charge in [-0.15, -0.1) is 0 Å². The molecule has 0 fully saturated rings. The van der Waals surface area contributed by atoms with E-state index in [0.29, 0.717) is 10.8 Å². The van der Waals surface area contributed by atoms with Gasteiger partial charge >= 0.3 is 0 Å². The molecule has 6 heteroatoms. The lowest BCUT2D eigenvalue weighted by Crippen LogP contribution is -2.05. The summed E-state index contributed by atoms with van der Waals surface area (Å²) in [6.45, 7) is 2.14. The molecule has 0 radical (unpaired) electrons. The van der Waals surface area contributed by atoms with Crippen LogP contribution >= 0.6 is 50.1 Å². The minimum absolute atomic E-state index is 0.652. The standard InChI is InChI=1S/C14H14BrClIN3/c1-3-4-11-12(17)14(18-2)20-13(19-11)9-7-8(15)5-6-10(9)16/h5-7H,3-4H2,1-2H3,(H,18,19,20). The molecule has 0 saturated heterocycles. The molecule has 0 unspecified atom stereocenters. The zero-order valence-corrected chi connectivity index (χ0v) is 15.7. The first-order chi connectivity index (χ1) is 9.56. The van der Waals surface area contributed by atoms with E-state index in [1.54, 1.807) is 0 Å². The Labute approximate surface area is 145 Å². The second-order valence-electron chi connectivity index (χ2n) is 4.28. The predicted octanol–water partition coefficient (Wildman–Crippen LogP) is 5.16. The molecule has 3 nitrogen and oxygen atoms in total. The molecule has 20 heavy (non-hydrogen) atoms. The first kappa shape index (κ1) is 16.0. The average Bonchev–Trinajstić information content (AvgIpc) is 2.44. The number of aromatic nitrogens is 2. The van der Waals surface area contributed by atoms with Crippen LogP contribution in [0.4, 0.5) is 5.82 Å². The summed E-state index contributed by atoms with van der Waals surface area (Å²) in [5.41, 5.74) is 1.89. The first-order valence-electron chi connectivity index (χ1n) is 6.26. The van der Waals surface area contributed by atoms with Crippen LogP contribution in [-0.4, -0.2) is 17.0 Å².